The topological polar surface area (TPSA) is 110 Å². The van der Waals surface area contributed by atoms with Gasteiger partial charge in [-0.3, -0.25) is 29.4 Å². The predicted octanol–water partition coefficient (Wildman–Crippen LogP) is 4.23. The van der Waals surface area contributed by atoms with E-state index in [1.807, 2.05) is 18.2 Å². The Balaban J connectivity index is 1.43. The highest BCUT2D eigenvalue weighted by Gasteiger charge is 2.60. The lowest BCUT2D eigenvalue weighted by atomic mass is 9.85. The number of halogens is 1. The summed E-state index contributed by atoms with van der Waals surface area (Å²) in [4.78, 5) is 51.5. The van der Waals surface area contributed by atoms with E-state index in [2.05, 4.69) is 21.2 Å². The lowest BCUT2D eigenvalue weighted by molar-refractivity contribution is -0.384. The average molecular weight is 510 g/mol. The van der Waals surface area contributed by atoms with Gasteiger partial charge in [0, 0.05) is 22.3 Å². The van der Waals surface area contributed by atoms with Crippen LogP contribution in [0.4, 0.5) is 11.4 Å². The van der Waals surface area contributed by atoms with E-state index in [0.717, 1.165) is 10.9 Å². The SMILES string of the molecule is O=C(CC(c1cccc(Br)c1)N1C(=O)C2C3C=CC(C3)C2C1=O)Nc1cccc([N+](=O)[O-])c1. The molecule has 1 N–H and O–H groups in total. The van der Waals surface area contributed by atoms with Gasteiger partial charge in [0.25, 0.3) is 5.69 Å². The number of nitro benzene ring substituents is 1. The van der Waals surface area contributed by atoms with Crippen LogP contribution in [0.2, 0.25) is 0 Å². The average Bonchev–Trinajstić information content (AvgIpc) is 3.46. The minimum atomic E-state index is -0.772. The Hall–Kier alpha value is -3.33. The van der Waals surface area contributed by atoms with Crippen LogP contribution in [0.1, 0.15) is 24.4 Å². The number of fused-ring (bicyclic) bond motifs is 5. The monoisotopic (exact) mass is 509 g/mol. The normalized spacial score (nSPS) is 25.9. The number of allylic oxidation sites excluding steroid dienone is 2. The number of hydrogen-bond donors (Lipinski definition) is 1. The Morgan fingerprint density at radius 1 is 1.09 bits per heavy atom. The van der Waals surface area contributed by atoms with E-state index < -0.39 is 16.9 Å². The van der Waals surface area contributed by atoms with Crippen molar-refractivity contribution in [1.29, 1.82) is 0 Å². The first-order valence-electron chi connectivity index (χ1n) is 10.7. The van der Waals surface area contributed by atoms with E-state index >= 15 is 0 Å². The van der Waals surface area contributed by atoms with Gasteiger partial charge in [-0.25, -0.2) is 0 Å². The van der Waals surface area contributed by atoms with Gasteiger partial charge in [0.2, 0.25) is 17.7 Å². The Kier molecular flexibility index (Phi) is 5.36. The van der Waals surface area contributed by atoms with Crippen LogP contribution in [0.5, 0.6) is 0 Å². The number of nitrogens with one attached hydrogen (secondary N) is 1. The summed E-state index contributed by atoms with van der Waals surface area (Å²) in [6, 6.07) is 12.1. The Morgan fingerprint density at radius 2 is 1.76 bits per heavy atom. The van der Waals surface area contributed by atoms with Crippen LogP contribution in [-0.4, -0.2) is 27.5 Å². The van der Waals surface area contributed by atoms with Crippen LogP contribution < -0.4 is 5.32 Å². The summed E-state index contributed by atoms with van der Waals surface area (Å²) >= 11 is 3.43. The molecule has 0 aromatic heterocycles. The third kappa shape index (κ3) is 3.76. The number of carbonyl (C=O) groups excluding carboxylic acids is 3. The molecule has 9 heteroatoms. The van der Waals surface area contributed by atoms with E-state index in [0.29, 0.717) is 5.56 Å². The van der Waals surface area contributed by atoms with E-state index in [9.17, 15) is 24.5 Å². The number of benzene rings is 2. The van der Waals surface area contributed by atoms with Crippen LogP contribution in [0, 0.1) is 33.8 Å². The lowest BCUT2D eigenvalue weighted by Crippen LogP contribution is -2.38. The maximum atomic E-state index is 13.4. The number of rotatable bonds is 6. The summed E-state index contributed by atoms with van der Waals surface area (Å²) in [5.74, 6) is -1.47. The highest BCUT2D eigenvalue weighted by Crippen LogP contribution is 2.54. The number of hydrogen-bond acceptors (Lipinski definition) is 5. The first-order valence-corrected chi connectivity index (χ1v) is 11.5. The molecule has 1 heterocycles. The minimum Gasteiger partial charge on any atom is -0.326 e. The van der Waals surface area contributed by atoms with E-state index in [4.69, 9.17) is 0 Å². The Labute approximate surface area is 197 Å². The second-order valence-corrected chi connectivity index (χ2v) is 9.59. The van der Waals surface area contributed by atoms with Crippen molar-refractivity contribution < 1.29 is 19.3 Å². The van der Waals surface area contributed by atoms with Gasteiger partial charge in [0.05, 0.1) is 29.2 Å². The smallest absolute Gasteiger partial charge is 0.271 e. The fourth-order valence-corrected chi connectivity index (χ4v) is 5.81. The van der Waals surface area contributed by atoms with Gasteiger partial charge in [0.15, 0.2) is 0 Å². The molecule has 2 aromatic carbocycles. The van der Waals surface area contributed by atoms with Crippen LogP contribution in [0.25, 0.3) is 0 Å². The van der Waals surface area contributed by atoms with Crippen molar-refractivity contribution in [3.05, 3.63) is 80.8 Å². The molecule has 1 aliphatic heterocycles. The van der Waals surface area contributed by atoms with Gasteiger partial charge in [-0.15, -0.1) is 0 Å². The molecule has 2 bridgehead atoms. The molecule has 8 nitrogen and oxygen atoms in total. The van der Waals surface area contributed by atoms with Crippen molar-refractivity contribution in [2.45, 2.75) is 18.9 Å². The fraction of sp³-hybridized carbons (Fsp3) is 0.292. The molecule has 3 amide bonds. The quantitative estimate of drug-likeness (QED) is 0.271. The van der Waals surface area contributed by atoms with Gasteiger partial charge in [0.1, 0.15) is 0 Å². The number of nitrogens with zero attached hydrogens (tertiary/aromatic N) is 2. The summed E-state index contributed by atoms with van der Waals surface area (Å²) in [5, 5.41) is 13.7. The lowest BCUT2D eigenvalue weighted by Gasteiger charge is -2.28. The van der Waals surface area contributed by atoms with Crippen molar-refractivity contribution in [3.8, 4) is 0 Å². The van der Waals surface area contributed by atoms with Gasteiger partial charge in [-0.1, -0.05) is 46.3 Å². The molecule has 1 saturated heterocycles. The molecule has 168 valence electrons. The van der Waals surface area contributed by atoms with Crippen molar-refractivity contribution in [2.24, 2.45) is 23.7 Å². The van der Waals surface area contributed by atoms with E-state index in [1.54, 1.807) is 24.3 Å². The minimum absolute atomic E-state index is 0.0725. The fourth-order valence-electron chi connectivity index (χ4n) is 5.39. The molecule has 2 aromatic rings. The maximum absolute atomic E-state index is 13.4. The first kappa shape index (κ1) is 21.5. The predicted molar refractivity (Wildman–Crippen MR) is 123 cm³/mol. The van der Waals surface area contributed by atoms with Crippen molar-refractivity contribution in [3.63, 3.8) is 0 Å². The second-order valence-electron chi connectivity index (χ2n) is 8.68. The summed E-state index contributed by atoms with van der Waals surface area (Å²) in [5.41, 5.74) is 0.804. The van der Waals surface area contributed by atoms with E-state index in [1.165, 1.54) is 23.1 Å². The number of anilines is 1. The highest BCUT2D eigenvalue weighted by atomic mass is 79.9. The molecule has 5 rings (SSSR count). The first-order chi connectivity index (χ1) is 15.8. The summed E-state index contributed by atoms with van der Waals surface area (Å²) in [7, 11) is 0. The standard InChI is InChI=1S/C24H20BrN3O5/c25-16-4-1-3-13(10-16)19(12-20(29)26-17-5-2-6-18(11-17)28(32)33)27-23(30)21-14-7-8-15(9-14)22(21)24(27)31/h1-8,10-11,14-15,19,21-22H,9,12H2,(H,26,29). The number of carbonyl (C=O) groups is 3. The largest absolute Gasteiger partial charge is 0.326 e. The highest BCUT2D eigenvalue weighted by molar-refractivity contribution is 9.10. The number of likely N-dealkylation sites (tertiary alicyclic amines) is 1. The summed E-state index contributed by atoms with van der Waals surface area (Å²) < 4.78 is 0.769. The Morgan fingerprint density at radius 3 is 2.39 bits per heavy atom. The molecule has 1 saturated carbocycles. The molecular formula is C24H20BrN3O5. The molecule has 2 fully saturated rings. The zero-order chi connectivity index (χ0) is 23.3. The molecule has 33 heavy (non-hydrogen) atoms. The molecule has 2 aliphatic carbocycles. The van der Waals surface area contributed by atoms with Crippen molar-refractivity contribution in [2.75, 3.05) is 5.32 Å². The van der Waals surface area contributed by atoms with Gasteiger partial charge >= 0.3 is 0 Å². The number of imide groups is 1. The molecule has 0 spiro atoms. The van der Waals surface area contributed by atoms with Crippen LogP contribution in [-0.2, 0) is 14.4 Å². The second kappa shape index (κ2) is 8.22. The third-order valence-corrected chi connectivity index (χ3v) is 7.26. The van der Waals surface area contributed by atoms with E-state index in [-0.39, 0.29) is 53.3 Å². The molecular weight excluding hydrogens is 490 g/mol. The van der Waals surface area contributed by atoms with Gasteiger partial charge in [-0.05, 0) is 42.0 Å². The maximum Gasteiger partial charge on any atom is 0.271 e. The number of non-ortho nitro benzene ring substituents is 1. The van der Waals surface area contributed by atoms with Gasteiger partial charge < -0.3 is 5.32 Å². The van der Waals surface area contributed by atoms with Crippen LogP contribution >= 0.6 is 15.9 Å². The van der Waals surface area contributed by atoms with Crippen LogP contribution in [0.15, 0.2) is 65.2 Å². The molecule has 5 atom stereocenters. The van der Waals surface area contributed by atoms with Crippen molar-refractivity contribution >= 4 is 45.0 Å². The number of amides is 3. The Bertz CT molecular complexity index is 1180. The third-order valence-electron chi connectivity index (χ3n) is 6.77. The zero-order valence-corrected chi connectivity index (χ0v) is 19.0. The molecule has 3 aliphatic rings. The zero-order valence-electron chi connectivity index (χ0n) is 17.4. The summed E-state index contributed by atoms with van der Waals surface area (Å²) in [6.45, 7) is 0. The molecule has 0 radical (unpaired) electrons. The van der Waals surface area contributed by atoms with Gasteiger partial charge in [-0.2, -0.15) is 0 Å². The number of nitro groups is 1. The van der Waals surface area contributed by atoms with Crippen molar-refractivity contribution in [1.82, 2.24) is 4.90 Å². The summed E-state index contributed by atoms with van der Waals surface area (Å²) in [6.07, 6.45) is 4.74. The molecule has 5 unspecified atom stereocenters. The van der Waals surface area contributed by atoms with Crippen LogP contribution in [0.3, 0.4) is 0 Å².